The molecule has 0 fully saturated rings. The normalized spacial score (nSPS) is 9.14. The van der Waals surface area contributed by atoms with E-state index in [1.54, 1.807) is 19.1 Å². The zero-order valence-corrected chi connectivity index (χ0v) is 7.61. The predicted molar refractivity (Wildman–Crippen MR) is 49.8 cm³/mol. The average Bonchev–Trinajstić information content (AvgIpc) is 2.15. The summed E-state index contributed by atoms with van der Waals surface area (Å²) in [7, 11) is 0. The Hall–Kier alpha value is -2.09. The number of nitrogens with zero attached hydrogens (tertiary/aromatic N) is 2. The topological polar surface area (TPSA) is 86.0 Å². The molecule has 72 valence electrons. The number of carboxylic acid groups (broad SMARTS) is 1. The van der Waals surface area contributed by atoms with Gasteiger partial charge in [0.15, 0.2) is 0 Å². The van der Waals surface area contributed by atoms with E-state index < -0.39 is 5.97 Å². The first-order chi connectivity index (χ1) is 6.63. The molecule has 1 rings (SSSR count). The predicted octanol–water partition coefficient (Wildman–Crippen LogP) is 0.758. The largest absolute Gasteiger partial charge is 0.480 e. The molecule has 0 aromatic carbocycles. The van der Waals surface area contributed by atoms with Crippen LogP contribution < -0.4 is 5.32 Å². The zero-order chi connectivity index (χ0) is 10.6. The van der Waals surface area contributed by atoms with Crippen LogP contribution in [0.5, 0.6) is 0 Å². The highest BCUT2D eigenvalue weighted by Gasteiger charge is 2.04. The summed E-state index contributed by atoms with van der Waals surface area (Å²) < 4.78 is 0. The van der Waals surface area contributed by atoms with Crippen molar-refractivity contribution in [1.29, 1.82) is 5.26 Å². The fourth-order valence-corrected chi connectivity index (χ4v) is 0.941. The van der Waals surface area contributed by atoms with Gasteiger partial charge in [-0.1, -0.05) is 0 Å². The standard InChI is InChI=1S/C9H9N3O2/c1-6-2-3-7(4-10)9(12-6)11-5-8(13)14/h2-3H,5H2,1H3,(H,11,12)(H,13,14). The van der Waals surface area contributed by atoms with Crippen LogP contribution in [0.3, 0.4) is 0 Å². The number of pyridine rings is 1. The second-order valence-electron chi connectivity index (χ2n) is 2.71. The van der Waals surface area contributed by atoms with Gasteiger partial charge in [0, 0.05) is 5.69 Å². The summed E-state index contributed by atoms with van der Waals surface area (Å²) in [6.45, 7) is 1.53. The van der Waals surface area contributed by atoms with E-state index in [-0.39, 0.29) is 6.54 Å². The first-order valence-corrected chi connectivity index (χ1v) is 3.97. The van der Waals surface area contributed by atoms with E-state index in [0.29, 0.717) is 11.4 Å². The van der Waals surface area contributed by atoms with Crippen LogP contribution in [0.4, 0.5) is 5.82 Å². The van der Waals surface area contributed by atoms with Gasteiger partial charge in [0.25, 0.3) is 0 Å². The third-order valence-corrected chi connectivity index (χ3v) is 1.56. The van der Waals surface area contributed by atoms with Crippen molar-refractivity contribution in [3.8, 4) is 6.07 Å². The number of aliphatic carboxylic acids is 1. The third-order valence-electron chi connectivity index (χ3n) is 1.56. The van der Waals surface area contributed by atoms with Gasteiger partial charge in [-0.25, -0.2) is 4.98 Å². The Labute approximate surface area is 81.0 Å². The van der Waals surface area contributed by atoms with Gasteiger partial charge in [0.2, 0.25) is 0 Å². The van der Waals surface area contributed by atoms with Crippen molar-refractivity contribution in [1.82, 2.24) is 4.98 Å². The SMILES string of the molecule is Cc1ccc(C#N)c(NCC(=O)O)n1. The van der Waals surface area contributed by atoms with Gasteiger partial charge in [-0.05, 0) is 19.1 Å². The molecule has 0 aliphatic carbocycles. The van der Waals surface area contributed by atoms with Gasteiger partial charge in [-0.3, -0.25) is 4.79 Å². The molecule has 5 nitrogen and oxygen atoms in total. The monoisotopic (exact) mass is 191 g/mol. The Balaban J connectivity index is 2.89. The quantitative estimate of drug-likeness (QED) is 0.736. The molecule has 14 heavy (non-hydrogen) atoms. The van der Waals surface area contributed by atoms with Crippen LogP contribution in [0.15, 0.2) is 12.1 Å². The first-order valence-electron chi connectivity index (χ1n) is 3.97. The van der Waals surface area contributed by atoms with Gasteiger partial charge < -0.3 is 10.4 Å². The smallest absolute Gasteiger partial charge is 0.322 e. The molecule has 0 unspecified atom stereocenters. The summed E-state index contributed by atoms with van der Waals surface area (Å²) in [5, 5.41) is 19.7. The number of hydrogen-bond donors (Lipinski definition) is 2. The number of carboxylic acids is 1. The molecule has 0 spiro atoms. The van der Waals surface area contributed by atoms with E-state index in [1.807, 2.05) is 6.07 Å². The maximum absolute atomic E-state index is 10.3. The number of carbonyl (C=O) groups is 1. The van der Waals surface area contributed by atoms with Crippen molar-refractivity contribution in [2.24, 2.45) is 0 Å². The van der Waals surface area contributed by atoms with E-state index in [4.69, 9.17) is 10.4 Å². The molecule has 1 aromatic heterocycles. The maximum Gasteiger partial charge on any atom is 0.322 e. The van der Waals surface area contributed by atoms with Crippen LogP contribution in [0.2, 0.25) is 0 Å². The highest BCUT2D eigenvalue weighted by molar-refractivity contribution is 5.73. The summed E-state index contributed by atoms with van der Waals surface area (Å²) in [5.41, 5.74) is 1.08. The number of aromatic nitrogens is 1. The number of aryl methyl sites for hydroxylation is 1. The molecule has 0 amide bonds. The number of nitrogens with one attached hydrogen (secondary N) is 1. The van der Waals surface area contributed by atoms with Crippen molar-refractivity contribution in [2.75, 3.05) is 11.9 Å². The zero-order valence-electron chi connectivity index (χ0n) is 7.61. The molecule has 0 radical (unpaired) electrons. The number of hydrogen-bond acceptors (Lipinski definition) is 4. The fourth-order valence-electron chi connectivity index (χ4n) is 0.941. The van der Waals surface area contributed by atoms with Crippen LogP contribution in [0.25, 0.3) is 0 Å². The molecule has 5 heteroatoms. The lowest BCUT2D eigenvalue weighted by atomic mass is 10.2. The molecule has 1 aromatic rings. The molecular weight excluding hydrogens is 182 g/mol. The van der Waals surface area contributed by atoms with Gasteiger partial charge in [0.05, 0.1) is 5.56 Å². The molecule has 2 N–H and O–H groups in total. The van der Waals surface area contributed by atoms with Crippen LogP contribution in [0, 0.1) is 18.3 Å². The molecule has 0 atom stereocenters. The maximum atomic E-state index is 10.3. The Bertz CT molecular complexity index is 396. The summed E-state index contributed by atoms with van der Waals surface area (Å²) in [6, 6.07) is 5.23. The second kappa shape index (κ2) is 4.23. The second-order valence-corrected chi connectivity index (χ2v) is 2.71. The lowest BCUT2D eigenvalue weighted by Gasteiger charge is -2.04. The number of nitriles is 1. The minimum absolute atomic E-state index is 0.245. The average molecular weight is 191 g/mol. The van der Waals surface area contributed by atoms with Crippen LogP contribution in [-0.4, -0.2) is 22.6 Å². The molecule has 0 aliphatic heterocycles. The minimum atomic E-state index is -0.989. The number of anilines is 1. The van der Waals surface area contributed by atoms with Crippen LogP contribution in [0.1, 0.15) is 11.3 Å². The van der Waals surface area contributed by atoms with E-state index >= 15 is 0 Å². The van der Waals surface area contributed by atoms with E-state index in [1.165, 1.54) is 0 Å². The van der Waals surface area contributed by atoms with Crippen LogP contribution >= 0.6 is 0 Å². The minimum Gasteiger partial charge on any atom is -0.480 e. The molecular formula is C9H9N3O2. The van der Waals surface area contributed by atoms with E-state index in [2.05, 4.69) is 10.3 Å². The highest BCUT2D eigenvalue weighted by Crippen LogP contribution is 2.11. The first kappa shape index (κ1) is 9.99. The molecule has 1 heterocycles. The molecule has 0 aliphatic rings. The molecule has 0 saturated heterocycles. The van der Waals surface area contributed by atoms with Crippen molar-refractivity contribution in [3.05, 3.63) is 23.4 Å². The Kier molecular flexibility index (Phi) is 3.02. The van der Waals surface area contributed by atoms with Crippen molar-refractivity contribution >= 4 is 11.8 Å². The summed E-state index contributed by atoms with van der Waals surface area (Å²) >= 11 is 0. The van der Waals surface area contributed by atoms with Crippen molar-refractivity contribution in [3.63, 3.8) is 0 Å². The highest BCUT2D eigenvalue weighted by atomic mass is 16.4. The van der Waals surface area contributed by atoms with Gasteiger partial charge in [-0.15, -0.1) is 0 Å². The summed E-state index contributed by atoms with van der Waals surface area (Å²) in [4.78, 5) is 14.3. The Morgan fingerprint density at radius 3 is 3.00 bits per heavy atom. The number of rotatable bonds is 3. The van der Waals surface area contributed by atoms with Crippen molar-refractivity contribution < 1.29 is 9.90 Å². The Morgan fingerprint density at radius 1 is 1.71 bits per heavy atom. The van der Waals surface area contributed by atoms with Gasteiger partial charge in [-0.2, -0.15) is 5.26 Å². The van der Waals surface area contributed by atoms with Crippen molar-refractivity contribution in [2.45, 2.75) is 6.92 Å². The van der Waals surface area contributed by atoms with Gasteiger partial charge in [0.1, 0.15) is 18.4 Å². The van der Waals surface area contributed by atoms with Gasteiger partial charge >= 0.3 is 5.97 Å². The summed E-state index contributed by atoms with van der Waals surface area (Å²) in [6.07, 6.45) is 0. The fraction of sp³-hybridized carbons (Fsp3) is 0.222. The van der Waals surface area contributed by atoms with Crippen LogP contribution in [-0.2, 0) is 4.79 Å². The van der Waals surface area contributed by atoms with E-state index in [0.717, 1.165) is 5.69 Å². The Morgan fingerprint density at radius 2 is 2.43 bits per heavy atom. The lowest BCUT2D eigenvalue weighted by Crippen LogP contribution is -2.14. The summed E-state index contributed by atoms with van der Waals surface area (Å²) in [5.74, 6) is -0.674. The van der Waals surface area contributed by atoms with E-state index in [9.17, 15) is 4.79 Å². The molecule has 0 bridgehead atoms. The molecule has 0 saturated carbocycles. The third kappa shape index (κ3) is 2.45. The lowest BCUT2D eigenvalue weighted by molar-refractivity contribution is -0.134.